The second-order valence-corrected chi connectivity index (χ2v) is 7.58. The summed E-state index contributed by atoms with van der Waals surface area (Å²) in [7, 11) is 0. The molecule has 0 radical (unpaired) electrons. The number of hydrogen-bond donors (Lipinski definition) is 3. The van der Waals surface area contributed by atoms with Gasteiger partial charge in [-0.2, -0.15) is 0 Å². The Morgan fingerprint density at radius 3 is 2.17 bits per heavy atom. The summed E-state index contributed by atoms with van der Waals surface area (Å²) < 4.78 is 0. The second-order valence-electron chi connectivity index (χ2n) is 7.58. The first-order chi connectivity index (χ1) is 14.2. The molecule has 3 rings (SSSR count). The van der Waals surface area contributed by atoms with E-state index in [1.165, 1.54) is 18.2 Å². The molecule has 156 valence electrons. The monoisotopic (exact) mass is 410 g/mol. The molecule has 3 N–H and O–H groups in total. The molecule has 2 aromatic carbocycles. The first-order valence-corrected chi connectivity index (χ1v) is 9.50. The number of nitrogens with one attached hydrogen (secondary N) is 1. The SMILES string of the molecule is CC(C)CC(C(=O)Nc1cc(CC(=O)O)ccc1O)N1C(=O)c2ccccc2C1=O. The molecule has 3 amide bonds. The van der Waals surface area contributed by atoms with Crippen LogP contribution >= 0.6 is 0 Å². The predicted octanol–water partition coefficient (Wildman–Crippen LogP) is 2.67. The Hall–Kier alpha value is -3.68. The molecule has 1 heterocycles. The molecule has 0 aliphatic carbocycles. The van der Waals surface area contributed by atoms with Crippen LogP contribution in [-0.4, -0.2) is 44.8 Å². The molecule has 1 aliphatic rings. The summed E-state index contributed by atoms with van der Waals surface area (Å²) in [4.78, 5) is 50.7. The molecule has 0 spiro atoms. The molecule has 8 nitrogen and oxygen atoms in total. The van der Waals surface area contributed by atoms with Gasteiger partial charge in [-0.15, -0.1) is 0 Å². The van der Waals surface area contributed by atoms with Gasteiger partial charge in [0.05, 0.1) is 23.2 Å². The quantitative estimate of drug-likeness (QED) is 0.476. The molecular formula is C22H22N2O6. The van der Waals surface area contributed by atoms with Gasteiger partial charge in [0.1, 0.15) is 11.8 Å². The van der Waals surface area contributed by atoms with Crippen molar-refractivity contribution in [3.05, 3.63) is 59.2 Å². The van der Waals surface area contributed by atoms with Crippen LogP contribution in [0.15, 0.2) is 42.5 Å². The molecule has 0 fully saturated rings. The van der Waals surface area contributed by atoms with E-state index in [-0.39, 0.29) is 41.3 Å². The Morgan fingerprint density at radius 2 is 1.63 bits per heavy atom. The number of anilines is 1. The average molecular weight is 410 g/mol. The minimum absolute atomic E-state index is 0.00277. The third-order valence-corrected chi connectivity index (χ3v) is 4.81. The van der Waals surface area contributed by atoms with Crippen molar-refractivity contribution in [1.82, 2.24) is 4.90 Å². The lowest BCUT2D eigenvalue weighted by atomic mass is 10.0. The van der Waals surface area contributed by atoms with E-state index in [0.29, 0.717) is 5.56 Å². The van der Waals surface area contributed by atoms with E-state index < -0.39 is 29.7 Å². The maximum absolute atomic E-state index is 13.1. The number of nitrogens with zero attached hydrogens (tertiary/aromatic N) is 1. The highest BCUT2D eigenvalue weighted by atomic mass is 16.4. The fourth-order valence-electron chi connectivity index (χ4n) is 3.45. The van der Waals surface area contributed by atoms with Crippen molar-refractivity contribution in [3.63, 3.8) is 0 Å². The van der Waals surface area contributed by atoms with Crippen LogP contribution in [0.4, 0.5) is 5.69 Å². The van der Waals surface area contributed by atoms with Crippen LogP contribution in [0.2, 0.25) is 0 Å². The second kappa shape index (κ2) is 8.36. The van der Waals surface area contributed by atoms with E-state index in [1.54, 1.807) is 24.3 Å². The number of aliphatic carboxylic acids is 1. The number of phenolic OH excluding ortho intramolecular Hbond substituents is 1. The maximum Gasteiger partial charge on any atom is 0.307 e. The van der Waals surface area contributed by atoms with Crippen molar-refractivity contribution >= 4 is 29.4 Å². The lowest BCUT2D eigenvalue weighted by Crippen LogP contribution is -2.48. The summed E-state index contributed by atoms with van der Waals surface area (Å²) in [6.45, 7) is 3.73. The number of rotatable bonds is 7. The number of fused-ring (bicyclic) bond motifs is 1. The summed E-state index contributed by atoms with van der Waals surface area (Å²) >= 11 is 0. The first-order valence-electron chi connectivity index (χ1n) is 9.50. The number of phenols is 1. The zero-order valence-electron chi connectivity index (χ0n) is 16.6. The standard InChI is InChI=1S/C22H22N2O6/c1-12(2)9-17(24-21(29)14-5-3-4-6-15(14)22(24)30)20(28)23-16-10-13(11-19(26)27)7-8-18(16)25/h3-8,10,12,17,25H,9,11H2,1-2H3,(H,23,28)(H,26,27). The van der Waals surface area contributed by atoms with Gasteiger partial charge in [0.15, 0.2) is 0 Å². The summed E-state index contributed by atoms with van der Waals surface area (Å²) in [5.74, 6) is -3.02. The van der Waals surface area contributed by atoms with Crippen LogP contribution in [0.1, 0.15) is 46.5 Å². The Kier molecular flexibility index (Phi) is 5.86. The zero-order valence-corrected chi connectivity index (χ0v) is 16.6. The highest BCUT2D eigenvalue weighted by molar-refractivity contribution is 6.23. The highest BCUT2D eigenvalue weighted by Gasteiger charge is 2.42. The van der Waals surface area contributed by atoms with E-state index >= 15 is 0 Å². The van der Waals surface area contributed by atoms with Crippen LogP contribution in [0.25, 0.3) is 0 Å². The van der Waals surface area contributed by atoms with E-state index in [2.05, 4.69) is 5.32 Å². The Bertz CT molecular complexity index is 995. The summed E-state index contributed by atoms with van der Waals surface area (Å²) in [6.07, 6.45) is -0.0517. The van der Waals surface area contributed by atoms with Crippen LogP contribution in [0, 0.1) is 5.92 Å². The largest absolute Gasteiger partial charge is 0.506 e. The minimum Gasteiger partial charge on any atom is -0.506 e. The topological polar surface area (TPSA) is 124 Å². The molecule has 1 aliphatic heterocycles. The number of benzene rings is 2. The molecule has 0 saturated carbocycles. The Balaban J connectivity index is 1.90. The number of hydrogen-bond acceptors (Lipinski definition) is 5. The number of carboxylic acids is 1. The molecule has 2 aromatic rings. The fourth-order valence-corrected chi connectivity index (χ4v) is 3.45. The normalized spacial score (nSPS) is 14.0. The molecule has 0 aromatic heterocycles. The molecule has 30 heavy (non-hydrogen) atoms. The zero-order chi connectivity index (χ0) is 22.0. The number of carbonyl (C=O) groups excluding carboxylic acids is 3. The van der Waals surface area contributed by atoms with Gasteiger partial charge in [0.25, 0.3) is 11.8 Å². The summed E-state index contributed by atoms with van der Waals surface area (Å²) in [5, 5.41) is 21.6. The van der Waals surface area contributed by atoms with Crippen LogP contribution in [-0.2, 0) is 16.0 Å². The number of amides is 3. The molecule has 0 bridgehead atoms. The van der Waals surface area contributed by atoms with E-state index in [0.717, 1.165) is 4.90 Å². The molecule has 1 atom stereocenters. The number of aromatic hydroxyl groups is 1. The van der Waals surface area contributed by atoms with Crippen molar-refractivity contribution in [2.75, 3.05) is 5.32 Å². The van der Waals surface area contributed by atoms with Gasteiger partial charge in [0.2, 0.25) is 5.91 Å². The third-order valence-electron chi connectivity index (χ3n) is 4.81. The van der Waals surface area contributed by atoms with Gasteiger partial charge in [-0.05, 0) is 42.2 Å². The number of carboxylic acid groups (broad SMARTS) is 1. The smallest absolute Gasteiger partial charge is 0.307 e. The fraction of sp³-hybridized carbons (Fsp3) is 0.273. The van der Waals surface area contributed by atoms with E-state index in [1.807, 2.05) is 13.8 Å². The minimum atomic E-state index is -1.08. The molecular weight excluding hydrogens is 388 g/mol. The van der Waals surface area contributed by atoms with Crippen molar-refractivity contribution < 1.29 is 29.4 Å². The van der Waals surface area contributed by atoms with E-state index in [9.17, 15) is 24.3 Å². The Labute approximate surface area is 173 Å². The van der Waals surface area contributed by atoms with Gasteiger partial charge >= 0.3 is 5.97 Å². The van der Waals surface area contributed by atoms with Gasteiger partial charge in [-0.1, -0.05) is 32.0 Å². The van der Waals surface area contributed by atoms with Gasteiger partial charge in [0, 0.05) is 0 Å². The predicted molar refractivity (Wildman–Crippen MR) is 108 cm³/mol. The van der Waals surface area contributed by atoms with Gasteiger partial charge in [-0.3, -0.25) is 24.1 Å². The van der Waals surface area contributed by atoms with Crippen LogP contribution in [0.3, 0.4) is 0 Å². The summed E-state index contributed by atoms with van der Waals surface area (Å²) in [5.41, 5.74) is 0.895. The van der Waals surface area contributed by atoms with Crippen molar-refractivity contribution in [2.24, 2.45) is 5.92 Å². The lowest BCUT2D eigenvalue weighted by Gasteiger charge is -2.27. The molecule has 1 unspecified atom stereocenters. The third kappa shape index (κ3) is 4.17. The Morgan fingerprint density at radius 1 is 1.03 bits per heavy atom. The van der Waals surface area contributed by atoms with Crippen LogP contribution < -0.4 is 5.32 Å². The van der Waals surface area contributed by atoms with Gasteiger partial charge < -0.3 is 15.5 Å². The number of carbonyl (C=O) groups is 4. The van der Waals surface area contributed by atoms with Gasteiger partial charge in [-0.25, -0.2) is 0 Å². The average Bonchev–Trinajstić information content (AvgIpc) is 2.93. The molecule has 0 saturated heterocycles. The van der Waals surface area contributed by atoms with Crippen molar-refractivity contribution in [3.8, 4) is 5.75 Å². The van der Waals surface area contributed by atoms with Crippen LogP contribution in [0.5, 0.6) is 5.75 Å². The summed E-state index contributed by atoms with van der Waals surface area (Å²) in [6, 6.07) is 9.38. The lowest BCUT2D eigenvalue weighted by molar-refractivity contribution is -0.136. The first kappa shape index (κ1) is 21.0. The molecule has 8 heteroatoms. The van der Waals surface area contributed by atoms with E-state index in [4.69, 9.17) is 5.11 Å². The maximum atomic E-state index is 13.1. The number of imide groups is 1. The van der Waals surface area contributed by atoms with Crippen molar-refractivity contribution in [2.45, 2.75) is 32.7 Å². The van der Waals surface area contributed by atoms with Crippen molar-refractivity contribution in [1.29, 1.82) is 0 Å². The highest BCUT2D eigenvalue weighted by Crippen LogP contribution is 2.29.